The van der Waals surface area contributed by atoms with Crippen LogP contribution < -0.4 is 0 Å². The first-order chi connectivity index (χ1) is 9.74. The summed E-state index contributed by atoms with van der Waals surface area (Å²) in [7, 11) is 0. The van der Waals surface area contributed by atoms with Crippen molar-refractivity contribution in [1.29, 1.82) is 0 Å². The van der Waals surface area contributed by atoms with Crippen LogP contribution in [0.2, 0.25) is 0 Å². The minimum absolute atomic E-state index is 0.0384. The number of aromatic nitrogens is 3. The Hall–Kier alpha value is -1.75. The van der Waals surface area contributed by atoms with Crippen molar-refractivity contribution in [3.05, 3.63) is 29.8 Å². The van der Waals surface area contributed by atoms with Crippen LogP contribution in [0.15, 0.2) is 22.7 Å². The Labute approximate surface area is 118 Å². The molecule has 0 aromatic carbocycles. The lowest BCUT2D eigenvalue weighted by molar-refractivity contribution is 0.119. The maximum absolute atomic E-state index is 10.2. The molecule has 106 valence electrons. The topological polar surface area (TPSA) is 72.0 Å². The molecule has 20 heavy (non-hydrogen) atoms. The minimum atomic E-state index is -0.378. The van der Waals surface area contributed by atoms with Gasteiger partial charge in [0.2, 0.25) is 11.7 Å². The Morgan fingerprint density at radius 3 is 2.85 bits per heavy atom. The van der Waals surface area contributed by atoms with Gasteiger partial charge in [0.15, 0.2) is 0 Å². The monoisotopic (exact) mass is 273 g/mol. The lowest BCUT2D eigenvalue weighted by atomic mass is 9.97. The third kappa shape index (κ3) is 2.72. The third-order valence-electron chi connectivity index (χ3n) is 3.86. The molecule has 5 nitrogen and oxygen atoms in total. The van der Waals surface area contributed by atoms with Gasteiger partial charge in [0, 0.05) is 5.69 Å². The quantitative estimate of drug-likeness (QED) is 0.852. The smallest absolute Gasteiger partial charge is 0.232 e. The largest absolute Gasteiger partial charge is 0.392 e. The molecule has 0 spiro atoms. The molecular weight excluding hydrogens is 254 g/mol. The number of aliphatic hydroxyl groups is 1. The average Bonchev–Trinajstić information content (AvgIpc) is 2.82. The fraction of sp³-hybridized carbons (Fsp3) is 0.533. The highest BCUT2D eigenvalue weighted by Crippen LogP contribution is 2.31. The Morgan fingerprint density at radius 2 is 2.00 bits per heavy atom. The number of rotatable bonds is 2. The minimum Gasteiger partial charge on any atom is -0.392 e. The SMILES string of the molecule is Cc1cccc(-c2noc(C3CCCCCC3O)n2)n1. The van der Waals surface area contributed by atoms with Crippen molar-refractivity contribution >= 4 is 0 Å². The van der Waals surface area contributed by atoms with E-state index < -0.39 is 0 Å². The molecule has 0 bridgehead atoms. The van der Waals surface area contributed by atoms with Crippen LogP contribution in [0.3, 0.4) is 0 Å². The van der Waals surface area contributed by atoms with Gasteiger partial charge < -0.3 is 9.63 Å². The first-order valence-corrected chi connectivity index (χ1v) is 7.20. The van der Waals surface area contributed by atoms with E-state index in [1.807, 2.05) is 25.1 Å². The molecule has 2 atom stereocenters. The molecule has 1 N–H and O–H groups in total. The van der Waals surface area contributed by atoms with Gasteiger partial charge in [0.25, 0.3) is 0 Å². The van der Waals surface area contributed by atoms with E-state index in [1.165, 1.54) is 0 Å². The molecule has 5 heteroatoms. The molecule has 3 rings (SSSR count). The lowest BCUT2D eigenvalue weighted by Gasteiger charge is -2.15. The standard InChI is InChI=1S/C15H19N3O2/c1-10-6-5-8-12(16-10)14-17-15(20-18-14)11-7-3-2-4-9-13(11)19/h5-6,8,11,13,19H,2-4,7,9H2,1H3. The Morgan fingerprint density at radius 1 is 1.15 bits per heavy atom. The van der Waals surface area contributed by atoms with Crippen molar-refractivity contribution in [2.24, 2.45) is 0 Å². The number of aliphatic hydroxyl groups excluding tert-OH is 1. The number of nitrogens with zero attached hydrogens (tertiary/aromatic N) is 3. The van der Waals surface area contributed by atoms with Gasteiger partial charge in [-0.2, -0.15) is 4.98 Å². The van der Waals surface area contributed by atoms with Crippen LogP contribution in [0.25, 0.3) is 11.5 Å². The summed E-state index contributed by atoms with van der Waals surface area (Å²) < 4.78 is 5.36. The van der Waals surface area contributed by atoms with E-state index >= 15 is 0 Å². The van der Waals surface area contributed by atoms with Crippen LogP contribution in [0.1, 0.15) is 49.6 Å². The average molecular weight is 273 g/mol. The molecular formula is C15H19N3O2. The van der Waals surface area contributed by atoms with E-state index in [-0.39, 0.29) is 12.0 Å². The fourth-order valence-corrected chi connectivity index (χ4v) is 2.73. The first kappa shape index (κ1) is 13.2. The van der Waals surface area contributed by atoms with E-state index in [9.17, 15) is 5.11 Å². The van der Waals surface area contributed by atoms with Gasteiger partial charge in [-0.1, -0.05) is 30.5 Å². The predicted octanol–water partition coefficient (Wildman–Crippen LogP) is 2.85. The molecule has 0 aliphatic heterocycles. The van der Waals surface area contributed by atoms with E-state index in [1.54, 1.807) is 0 Å². The molecule has 0 radical (unpaired) electrons. The van der Waals surface area contributed by atoms with Crippen molar-refractivity contribution in [2.45, 2.75) is 51.0 Å². The summed E-state index contributed by atoms with van der Waals surface area (Å²) in [4.78, 5) is 8.83. The van der Waals surface area contributed by atoms with E-state index in [0.29, 0.717) is 17.4 Å². The molecule has 1 saturated carbocycles. The van der Waals surface area contributed by atoms with Gasteiger partial charge in [0.1, 0.15) is 5.69 Å². The molecule has 2 aromatic heterocycles. The van der Waals surface area contributed by atoms with E-state index in [0.717, 1.165) is 37.8 Å². The number of hydrogen-bond acceptors (Lipinski definition) is 5. The zero-order valence-electron chi connectivity index (χ0n) is 11.6. The molecule has 2 aromatic rings. The van der Waals surface area contributed by atoms with Crippen LogP contribution in [0.4, 0.5) is 0 Å². The normalized spacial score (nSPS) is 23.5. The van der Waals surface area contributed by atoms with Crippen molar-refractivity contribution in [3.8, 4) is 11.5 Å². The molecule has 2 unspecified atom stereocenters. The van der Waals surface area contributed by atoms with Crippen molar-refractivity contribution < 1.29 is 9.63 Å². The third-order valence-corrected chi connectivity index (χ3v) is 3.86. The highest BCUT2D eigenvalue weighted by atomic mass is 16.5. The molecule has 2 heterocycles. The van der Waals surface area contributed by atoms with Crippen LogP contribution in [0.5, 0.6) is 0 Å². The summed E-state index contributed by atoms with van der Waals surface area (Å²) in [6.07, 6.45) is 4.67. The zero-order valence-corrected chi connectivity index (χ0v) is 11.6. The zero-order chi connectivity index (χ0) is 13.9. The van der Waals surface area contributed by atoms with Gasteiger partial charge in [0.05, 0.1) is 12.0 Å². The van der Waals surface area contributed by atoms with Crippen LogP contribution in [0, 0.1) is 6.92 Å². The van der Waals surface area contributed by atoms with E-state index in [4.69, 9.17) is 4.52 Å². The second-order valence-corrected chi connectivity index (χ2v) is 5.43. The molecule has 1 fully saturated rings. The molecule has 0 saturated heterocycles. The number of aryl methyl sites for hydroxylation is 1. The van der Waals surface area contributed by atoms with Crippen LogP contribution in [-0.2, 0) is 0 Å². The number of hydrogen-bond donors (Lipinski definition) is 1. The van der Waals surface area contributed by atoms with Crippen LogP contribution >= 0.6 is 0 Å². The van der Waals surface area contributed by atoms with Crippen LogP contribution in [-0.4, -0.2) is 26.3 Å². The summed E-state index contributed by atoms with van der Waals surface area (Å²) in [6, 6.07) is 5.72. The highest BCUT2D eigenvalue weighted by Gasteiger charge is 2.28. The van der Waals surface area contributed by atoms with Crippen molar-refractivity contribution in [2.75, 3.05) is 0 Å². The summed E-state index contributed by atoms with van der Waals surface area (Å²) in [5.41, 5.74) is 1.63. The molecule has 1 aliphatic rings. The number of pyridine rings is 1. The Bertz CT molecular complexity index is 582. The van der Waals surface area contributed by atoms with Gasteiger partial charge in [-0.15, -0.1) is 0 Å². The molecule has 0 amide bonds. The van der Waals surface area contributed by atoms with Gasteiger partial charge in [-0.3, -0.25) is 0 Å². The summed E-state index contributed by atoms with van der Waals surface area (Å²) in [5, 5.41) is 14.2. The second kappa shape index (κ2) is 5.71. The second-order valence-electron chi connectivity index (χ2n) is 5.43. The maximum Gasteiger partial charge on any atom is 0.232 e. The van der Waals surface area contributed by atoms with Gasteiger partial charge in [-0.05, 0) is 31.9 Å². The first-order valence-electron chi connectivity index (χ1n) is 7.20. The van der Waals surface area contributed by atoms with Gasteiger partial charge in [-0.25, -0.2) is 4.98 Å². The Kier molecular flexibility index (Phi) is 3.78. The van der Waals surface area contributed by atoms with Gasteiger partial charge >= 0.3 is 0 Å². The summed E-state index contributed by atoms with van der Waals surface area (Å²) >= 11 is 0. The predicted molar refractivity (Wildman–Crippen MR) is 74.1 cm³/mol. The molecule has 1 aliphatic carbocycles. The van der Waals surface area contributed by atoms with Crippen molar-refractivity contribution in [1.82, 2.24) is 15.1 Å². The highest BCUT2D eigenvalue weighted by molar-refractivity contribution is 5.48. The van der Waals surface area contributed by atoms with Crippen molar-refractivity contribution in [3.63, 3.8) is 0 Å². The maximum atomic E-state index is 10.2. The summed E-state index contributed by atoms with van der Waals surface area (Å²) in [5.74, 6) is 1.00. The van der Waals surface area contributed by atoms with E-state index in [2.05, 4.69) is 15.1 Å². The Balaban J connectivity index is 1.86. The lowest BCUT2D eigenvalue weighted by Crippen LogP contribution is -2.17. The summed E-state index contributed by atoms with van der Waals surface area (Å²) in [6.45, 7) is 1.93. The fourth-order valence-electron chi connectivity index (χ4n) is 2.73.